The van der Waals surface area contributed by atoms with Crippen LogP contribution in [0.4, 0.5) is 19.6 Å². The first-order chi connectivity index (χ1) is 11.5. The summed E-state index contributed by atoms with van der Waals surface area (Å²) in [6.45, 7) is 2.15. The van der Waals surface area contributed by atoms with Crippen LogP contribution in [-0.4, -0.2) is 10.9 Å². The molecule has 0 atom stereocenters. The quantitative estimate of drug-likeness (QED) is 0.725. The predicted molar refractivity (Wildman–Crippen MR) is 87.2 cm³/mol. The highest BCUT2D eigenvalue weighted by atomic mass is 32.1. The van der Waals surface area contributed by atoms with Gasteiger partial charge in [-0.3, -0.25) is 4.79 Å². The Labute approximate surface area is 140 Å². The van der Waals surface area contributed by atoms with Gasteiger partial charge in [-0.15, -0.1) is 0 Å². The van der Waals surface area contributed by atoms with Crippen molar-refractivity contribution in [3.8, 4) is 0 Å². The summed E-state index contributed by atoms with van der Waals surface area (Å²) in [5.74, 6) is -1.67. The van der Waals surface area contributed by atoms with Gasteiger partial charge in [0.05, 0.1) is 18.5 Å². The second-order valence-corrected chi connectivity index (χ2v) is 5.95. The van der Waals surface area contributed by atoms with Crippen LogP contribution in [0.3, 0.4) is 0 Å². The largest absolute Gasteiger partial charge is 0.467 e. The maximum Gasteiger partial charge on any atom is 0.267 e. The van der Waals surface area contributed by atoms with Crippen molar-refractivity contribution < 1.29 is 18.0 Å². The second-order valence-electron chi connectivity index (χ2n) is 4.95. The molecule has 2 heterocycles. The molecule has 124 valence electrons. The van der Waals surface area contributed by atoms with Crippen LogP contribution >= 0.6 is 11.3 Å². The van der Waals surface area contributed by atoms with Crippen LogP contribution in [-0.2, 0) is 6.54 Å². The number of nitrogens with one attached hydrogen (secondary N) is 2. The van der Waals surface area contributed by atoms with Gasteiger partial charge in [-0.1, -0.05) is 11.3 Å². The lowest BCUT2D eigenvalue weighted by Crippen LogP contribution is -2.11. The van der Waals surface area contributed by atoms with E-state index in [0.29, 0.717) is 22.2 Å². The Morgan fingerprint density at radius 3 is 2.83 bits per heavy atom. The smallest absolute Gasteiger partial charge is 0.267 e. The second kappa shape index (κ2) is 6.79. The van der Waals surface area contributed by atoms with Crippen molar-refractivity contribution in [2.45, 2.75) is 13.5 Å². The van der Waals surface area contributed by atoms with Gasteiger partial charge in [-0.25, -0.2) is 13.8 Å². The fourth-order valence-corrected chi connectivity index (χ4v) is 2.88. The molecule has 3 aromatic rings. The average Bonchev–Trinajstić information content (AvgIpc) is 3.18. The zero-order valence-electron chi connectivity index (χ0n) is 12.6. The van der Waals surface area contributed by atoms with Crippen LogP contribution in [0, 0.1) is 18.6 Å². The molecular formula is C16H13F2N3O2S. The highest BCUT2D eigenvalue weighted by Gasteiger charge is 2.16. The summed E-state index contributed by atoms with van der Waals surface area (Å²) in [6.07, 6.45) is 1.57. The third-order valence-electron chi connectivity index (χ3n) is 3.17. The number of carbonyl (C=O) groups is 1. The maximum absolute atomic E-state index is 13.2. The number of carbonyl (C=O) groups excluding carboxylic acids is 1. The molecule has 8 heteroatoms. The molecule has 0 fully saturated rings. The molecule has 2 aromatic heterocycles. The van der Waals surface area contributed by atoms with Crippen molar-refractivity contribution in [3.63, 3.8) is 0 Å². The van der Waals surface area contributed by atoms with E-state index < -0.39 is 17.5 Å². The predicted octanol–water partition coefficient (Wildman–Crippen LogP) is 4.19. The Morgan fingerprint density at radius 1 is 1.29 bits per heavy atom. The number of halogens is 2. The Bertz CT molecular complexity index is 862. The van der Waals surface area contributed by atoms with E-state index in [-0.39, 0.29) is 5.69 Å². The van der Waals surface area contributed by atoms with Gasteiger partial charge < -0.3 is 15.1 Å². The van der Waals surface area contributed by atoms with Crippen molar-refractivity contribution in [3.05, 3.63) is 64.6 Å². The molecule has 3 rings (SSSR count). The van der Waals surface area contributed by atoms with E-state index in [1.54, 1.807) is 19.3 Å². The van der Waals surface area contributed by atoms with Crippen molar-refractivity contribution in [2.24, 2.45) is 0 Å². The number of benzene rings is 1. The molecular weight excluding hydrogens is 336 g/mol. The lowest BCUT2D eigenvalue weighted by molar-refractivity contribution is 0.103. The van der Waals surface area contributed by atoms with E-state index in [9.17, 15) is 13.6 Å². The van der Waals surface area contributed by atoms with Gasteiger partial charge in [0.25, 0.3) is 5.91 Å². The first-order valence-corrected chi connectivity index (χ1v) is 7.84. The van der Waals surface area contributed by atoms with E-state index in [1.165, 1.54) is 17.4 Å². The molecule has 0 spiro atoms. The van der Waals surface area contributed by atoms with Gasteiger partial charge in [-0.2, -0.15) is 0 Å². The topological polar surface area (TPSA) is 67.2 Å². The van der Waals surface area contributed by atoms with Crippen LogP contribution < -0.4 is 10.6 Å². The van der Waals surface area contributed by atoms with E-state index in [4.69, 9.17) is 4.42 Å². The Kier molecular flexibility index (Phi) is 4.57. The van der Waals surface area contributed by atoms with Gasteiger partial charge in [0, 0.05) is 11.8 Å². The fraction of sp³-hybridized carbons (Fsp3) is 0.125. The zero-order chi connectivity index (χ0) is 17.1. The number of amides is 1. The number of thiazole rings is 1. The molecule has 0 aliphatic heterocycles. The molecule has 1 amide bonds. The van der Waals surface area contributed by atoms with Crippen molar-refractivity contribution in [1.29, 1.82) is 0 Å². The Balaban J connectivity index is 1.69. The zero-order valence-corrected chi connectivity index (χ0v) is 13.4. The SMILES string of the molecule is Cc1nc(NCc2ccco2)sc1C(=O)Nc1ccc(F)c(F)c1. The van der Waals surface area contributed by atoms with Gasteiger partial charge in [0.15, 0.2) is 16.8 Å². The van der Waals surface area contributed by atoms with Crippen molar-refractivity contribution in [1.82, 2.24) is 4.98 Å². The molecule has 5 nitrogen and oxygen atoms in total. The fourth-order valence-electron chi connectivity index (χ4n) is 2.02. The number of hydrogen-bond acceptors (Lipinski definition) is 5. The monoisotopic (exact) mass is 349 g/mol. The summed E-state index contributed by atoms with van der Waals surface area (Å²) >= 11 is 1.17. The highest BCUT2D eigenvalue weighted by Crippen LogP contribution is 2.24. The van der Waals surface area contributed by atoms with Crippen LogP contribution in [0.5, 0.6) is 0 Å². The molecule has 24 heavy (non-hydrogen) atoms. The summed E-state index contributed by atoms with van der Waals surface area (Å²) in [6, 6.07) is 6.79. The lowest BCUT2D eigenvalue weighted by Gasteiger charge is -2.04. The number of rotatable bonds is 5. The standard InChI is InChI=1S/C16H13F2N3O2S/c1-9-14(15(22)21-10-4-5-12(17)13(18)7-10)24-16(20-9)19-8-11-3-2-6-23-11/h2-7H,8H2,1H3,(H,19,20)(H,21,22). The minimum Gasteiger partial charge on any atom is -0.467 e. The highest BCUT2D eigenvalue weighted by molar-refractivity contribution is 7.17. The van der Waals surface area contributed by atoms with Gasteiger partial charge in [0.2, 0.25) is 0 Å². The molecule has 2 N–H and O–H groups in total. The summed E-state index contributed by atoms with van der Waals surface area (Å²) in [5, 5.41) is 6.17. The van der Waals surface area contributed by atoms with Gasteiger partial charge in [0.1, 0.15) is 10.6 Å². The Hall–Kier alpha value is -2.74. The number of nitrogens with zero attached hydrogens (tertiary/aromatic N) is 1. The molecule has 0 radical (unpaired) electrons. The third-order valence-corrected chi connectivity index (χ3v) is 4.29. The normalized spacial score (nSPS) is 10.6. The molecule has 0 saturated heterocycles. The van der Waals surface area contributed by atoms with Crippen LogP contribution in [0.1, 0.15) is 21.1 Å². The molecule has 0 aliphatic rings. The van der Waals surface area contributed by atoms with E-state index in [0.717, 1.165) is 17.9 Å². The summed E-state index contributed by atoms with van der Waals surface area (Å²) < 4.78 is 31.3. The molecule has 0 aliphatic carbocycles. The van der Waals surface area contributed by atoms with E-state index in [2.05, 4.69) is 15.6 Å². The minimum atomic E-state index is -1.02. The van der Waals surface area contributed by atoms with E-state index in [1.807, 2.05) is 6.07 Å². The van der Waals surface area contributed by atoms with Gasteiger partial charge in [-0.05, 0) is 31.2 Å². The molecule has 0 saturated carbocycles. The van der Waals surface area contributed by atoms with Crippen LogP contribution in [0.2, 0.25) is 0 Å². The molecule has 0 bridgehead atoms. The van der Waals surface area contributed by atoms with Crippen LogP contribution in [0.15, 0.2) is 41.0 Å². The number of aryl methyl sites for hydroxylation is 1. The number of hydrogen-bond donors (Lipinski definition) is 2. The van der Waals surface area contributed by atoms with Crippen LogP contribution in [0.25, 0.3) is 0 Å². The molecule has 0 unspecified atom stereocenters. The minimum absolute atomic E-state index is 0.178. The summed E-state index contributed by atoms with van der Waals surface area (Å²) in [7, 11) is 0. The maximum atomic E-state index is 13.2. The summed E-state index contributed by atoms with van der Waals surface area (Å²) in [5.41, 5.74) is 0.721. The first kappa shape index (κ1) is 16.1. The molecule has 1 aromatic carbocycles. The first-order valence-electron chi connectivity index (χ1n) is 7.03. The number of aromatic nitrogens is 1. The number of furan rings is 1. The van der Waals surface area contributed by atoms with E-state index >= 15 is 0 Å². The average molecular weight is 349 g/mol. The lowest BCUT2D eigenvalue weighted by atomic mass is 10.3. The van der Waals surface area contributed by atoms with Crippen molar-refractivity contribution >= 4 is 28.1 Å². The third kappa shape index (κ3) is 3.60. The van der Waals surface area contributed by atoms with Crippen molar-refractivity contribution in [2.75, 3.05) is 10.6 Å². The van der Waals surface area contributed by atoms with Gasteiger partial charge >= 0.3 is 0 Å². The number of anilines is 2. The summed E-state index contributed by atoms with van der Waals surface area (Å²) in [4.78, 5) is 16.9. The Morgan fingerprint density at radius 2 is 2.12 bits per heavy atom.